The van der Waals surface area contributed by atoms with Crippen LogP contribution in [0.15, 0.2) is 12.7 Å². The van der Waals surface area contributed by atoms with Crippen LogP contribution in [0.4, 0.5) is 0 Å². The number of ether oxygens (including phenoxy) is 1. The van der Waals surface area contributed by atoms with Crippen LogP contribution >= 0.6 is 0 Å². The molecule has 0 bridgehead atoms. The number of likely N-dealkylation sites (tertiary alicyclic amines) is 1. The fraction of sp³-hybridized carbons (Fsp3) is 0.700. The normalized spacial score (nSPS) is 23.9. The van der Waals surface area contributed by atoms with Crippen LogP contribution in [-0.2, 0) is 9.53 Å². The van der Waals surface area contributed by atoms with E-state index in [9.17, 15) is 4.79 Å². The molecule has 0 spiro atoms. The van der Waals surface area contributed by atoms with Crippen molar-refractivity contribution in [3.05, 3.63) is 12.7 Å². The molecule has 3 heteroatoms. The summed E-state index contributed by atoms with van der Waals surface area (Å²) in [5.74, 6) is -0.00912. The number of esters is 1. The van der Waals surface area contributed by atoms with Crippen LogP contribution in [0.5, 0.6) is 0 Å². The maximum absolute atomic E-state index is 11.4. The Morgan fingerprint density at radius 1 is 1.77 bits per heavy atom. The zero-order valence-corrected chi connectivity index (χ0v) is 8.16. The van der Waals surface area contributed by atoms with Gasteiger partial charge in [0.15, 0.2) is 0 Å². The molecule has 0 saturated carbocycles. The molecule has 0 aliphatic carbocycles. The lowest BCUT2D eigenvalue weighted by atomic mass is 9.99. The van der Waals surface area contributed by atoms with E-state index in [4.69, 9.17) is 4.74 Å². The summed E-state index contributed by atoms with van der Waals surface area (Å²) in [6.45, 7) is 5.76. The van der Waals surface area contributed by atoms with E-state index in [1.807, 2.05) is 7.05 Å². The second-order valence-electron chi connectivity index (χ2n) is 3.52. The minimum absolute atomic E-state index is 0.0682. The van der Waals surface area contributed by atoms with E-state index in [0.29, 0.717) is 6.61 Å². The Kier molecular flexibility index (Phi) is 3.96. The van der Waals surface area contributed by atoms with Gasteiger partial charge in [0.05, 0.1) is 5.92 Å². The van der Waals surface area contributed by atoms with Crippen molar-refractivity contribution >= 4 is 5.97 Å². The Morgan fingerprint density at radius 2 is 2.54 bits per heavy atom. The van der Waals surface area contributed by atoms with Crippen molar-refractivity contribution in [2.45, 2.75) is 12.8 Å². The van der Waals surface area contributed by atoms with Gasteiger partial charge in [0.2, 0.25) is 0 Å². The third-order valence-electron chi connectivity index (χ3n) is 2.30. The molecule has 1 fully saturated rings. The lowest BCUT2D eigenvalue weighted by Crippen LogP contribution is -2.36. The highest BCUT2D eigenvalue weighted by Crippen LogP contribution is 2.16. The van der Waals surface area contributed by atoms with E-state index in [0.717, 1.165) is 25.9 Å². The number of nitrogens with zero attached hydrogens (tertiary/aromatic N) is 1. The summed E-state index contributed by atoms with van der Waals surface area (Å²) in [5.41, 5.74) is 0. The van der Waals surface area contributed by atoms with Crippen molar-refractivity contribution in [2.24, 2.45) is 5.92 Å². The largest absolute Gasteiger partial charge is 0.461 e. The van der Waals surface area contributed by atoms with Crippen molar-refractivity contribution in [1.29, 1.82) is 0 Å². The molecule has 1 rings (SSSR count). The molecule has 74 valence electrons. The Labute approximate surface area is 79.4 Å². The lowest BCUT2D eigenvalue weighted by molar-refractivity contribution is -0.149. The van der Waals surface area contributed by atoms with Crippen molar-refractivity contribution in [1.82, 2.24) is 4.90 Å². The van der Waals surface area contributed by atoms with Gasteiger partial charge in [-0.15, -0.1) is 0 Å². The first-order valence-corrected chi connectivity index (χ1v) is 4.70. The molecular formula is C10H17NO2. The predicted octanol–water partition coefficient (Wildman–Crippen LogP) is 1.06. The van der Waals surface area contributed by atoms with Gasteiger partial charge in [-0.1, -0.05) is 12.7 Å². The van der Waals surface area contributed by atoms with E-state index >= 15 is 0 Å². The molecule has 1 aliphatic heterocycles. The molecule has 0 N–H and O–H groups in total. The number of rotatable bonds is 3. The topological polar surface area (TPSA) is 29.5 Å². The second kappa shape index (κ2) is 5.02. The molecule has 0 amide bonds. The number of carbonyl (C=O) groups is 1. The zero-order valence-electron chi connectivity index (χ0n) is 8.16. The fourth-order valence-corrected chi connectivity index (χ4v) is 1.62. The Morgan fingerprint density at radius 3 is 3.15 bits per heavy atom. The van der Waals surface area contributed by atoms with Crippen molar-refractivity contribution < 1.29 is 9.53 Å². The highest BCUT2D eigenvalue weighted by Gasteiger charge is 2.24. The van der Waals surface area contributed by atoms with Crippen molar-refractivity contribution in [3.63, 3.8) is 0 Å². The molecular weight excluding hydrogens is 166 g/mol. The highest BCUT2D eigenvalue weighted by atomic mass is 16.5. The predicted molar refractivity (Wildman–Crippen MR) is 51.4 cm³/mol. The standard InChI is InChI=1S/C10H17NO2/c1-3-7-13-10(12)9-5-4-6-11(2)8-9/h3,9H,1,4-8H2,2H3. The molecule has 1 aliphatic rings. The van der Waals surface area contributed by atoms with Crippen LogP contribution in [0.1, 0.15) is 12.8 Å². The van der Waals surface area contributed by atoms with Gasteiger partial charge in [-0.25, -0.2) is 0 Å². The molecule has 0 aromatic heterocycles. The van der Waals surface area contributed by atoms with E-state index in [1.54, 1.807) is 6.08 Å². The fourth-order valence-electron chi connectivity index (χ4n) is 1.62. The van der Waals surface area contributed by atoms with Crippen LogP contribution < -0.4 is 0 Å². The van der Waals surface area contributed by atoms with E-state index in [2.05, 4.69) is 11.5 Å². The minimum Gasteiger partial charge on any atom is -0.461 e. The van der Waals surface area contributed by atoms with E-state index < -0.39 is 0 Å². The SMILES string of the molecule is C=CCOC(=O)C1CCCN(C)C1. The van der Waals surface area contributed by atoms with Gasteiger partial charge in [-0.05, 0) is 26.4 Å². The summed E-state index contributed by atoms with van der Waals surface area (Å²) < 4.78 is 5.00. The smallest absolute Gasteiger partial charge is 0.310 e. The van der Waals surface area contributed by atoms with Gasteiger partial charge in [0, 0.05) is 6.54 Å². The van der Waals surface area contributed by atoms with Gasteiger partial charge in [-0.3, -0.25) is 4.79 Å². The Hall–Kier alpha value is -0.830. The summed E-state index contributed by atoms with van der Waals surface area (Å²) in [5, 5.41) is 0. The van der Waals surface area contributed by atoms with Crippen LogP contribution in [0, 0.1) is 5.92 Å². The minimum atomic E-state index is -0.0774. The molecule has 0 aromatic rings. The summed E-state index contributed by atoms with van der Waals surface area (Å²) in [7, 11) is 2.03. The first kappa shape index (κ1) is 10.3. The molecule has 1 heterocycles. The molecule has 1 saturated heterocycles. The Bertz CT molecular complexity index is 191. The van der Waals surface area contributed by atoms with Gasteiger partial charge >= 0.3 is 5.97 Å². The molecule has 1 unspecified atom stereocenters. The molecule has 1 atom stereocenters. The average Bonchev–Trinajstić information content (AvgIpc) is 2.14. The van der Waals surface area contributed by atoms with Crippen LogP contribution in [-0.4, -0.2) is 37.6 Å². The maximum Gasteiger partial charge on any atom is 0.310 e. The molecule has 0 radical (unpaired) electrons. The quantitative estimate of drug-likeness (QED) is 0.484. The van der Waals surface area contributed by atoms with E-state index in [1.165, 1.54) is 0 Å². The third kappa shape index (κ3) is 3.19. The highest BCUT2D eigenvalue weighted by molar-refractivity contribution is 5.72. The van der Waals surface area contributed by atoms with Crippen LogP contribution in [0.2, 0.25) is 0 Å². The monoisotopic (exact) mass is 183 g/mol. The summed E-state index contributed by atoms with van der Waals surface area (Å²) in [6, 6.07) is 0. The average molecular weight is 183 g/mol. The van der Waals surface area contributed by atoms with Crippen molar-refractivity contribution in [2.75, 3.05) is 26.7 Å². The Balaban J connectivity index is 2.32. The van der Waals surface area contributed by atoms with Gasteiger partial charge in [0.25, 0.3) is 0 Å². The summed E-state index contributed by atoms with van der Waals surface area (Å²) >= 11 is 0. The lowest BCUT2D eigenvalue weighted by Gasteiger charge is -2.27. The first-order chi connectivity index (χ1) is 6.24. The second-order valence-corrected chi connectivity index (χ2v) is 3.52. The van der Waals surface area contributed by atoms with Gasteiger partial charge in [0.1, 0.15) is 6.61 Å². The zero-order chi connectivity index (χ0) is 9.68. The number of piperidine rings is 1. The molecule has 0 aromatic carbocycles. The van der Waals surface area contributed by atoms with Crippen molar-refractivity contribution in [3.8, 4) is 0 Å². The van der Waals surface area contributed by atoms with Crippen LogP contribution in [0.25, 0.3) is 0 Å². The van der Waals surface area contributed by atoms with E-state index in [-0.39, 0.29) is 11.9 Å². The number of carbonyl (C=O) groups excluding carboxylic acids is 1. The summed E-state index contributed by atoms with van der Waals surface area (Å²) in [4.78, 5) is 13.6. The number of hydrogen-bond donors (Lipinski definition) is 0. The van der Waals surface area contributed by atoms with Gasteiger partial charge in [-0.2, -0.15) is 0 Å². The maximum atomic E-state index is 11.4. The third-order valence-corrected chi connectivity index (χ3v) is 2.30. The van der Waals surface area contributed by atoms with Crippen LogP contribution in [0.3, 0.4) is 0 Å². The molecule has 13 heavy (non-hydrogen) atoms. The first-order valence-electron chi connectivity index (χ1n) is 4.70. The summed E-state index contributed by atoms with van der Waals surface area (Å²) in [6.07, 6.45) is 3.65. The number of hydrogen-bond acceptors (Lipinski definition) is 3. The van der Waals surface area contributed by atoms with Gasteiger partial charge < -0.3 is 9.64 Å². The molecule has 3 nitrogen and oxygen atoms in total.